The van der Waals surface area contributed by atoms with E-state index in [1.54, 1.807) is 11.3 Å². The molecule has 5 heteroatoms. The maximum absolute atomic E-state index is 6.27. The van der Waals surface area contributed by atoms with Crippen molar-refractivity contribution >= 4 is 22.9 Å². The van der Waals surface area contributed by atoms with E-state index in [1.807, 2.05) is 35.9 Å². The fraction of sp³-hybridized carbons (Fsp3) is 0.250. The second kappa shape index (κ2) is 5.28. The molecule has 0 aliphatic rings. The van der Waals surface area contributed by atoms with E-state index in [0.29, 0.717) is 5.02 Å². The Morgan fingerprint density at radius 2 is 1.86 bits per heavy atom. The first-order valence-corrected chi connectivity index (χ1v) is 7.96. The molecule has 0 N–H and O–H groups in total. The van der Waals surface area contributed by atoms with Gasteiger partial charge in [-0.1, -0.05) is 29.8 Å². The summed E-state index contributed by atoms with van der Waals surface area (Å²) in [5.41, 5.74) is 0.720. The predicted molar refractivity (Wildman–Crippen MR) is 87.9 cm³/mol. The number of aromatic nitrogens is 3. The summed E-state index contributed by atoms with van der Waals surface area (Å²) in [5.74, 6) is 1.72. The molecule has 0 bridgehead atoms. The molecule has 3 rings (SSSR count). The lowest BCUT2D eigenvalue weighted by Crippen LogP contribution is -2.22. The summed E-state index contributed by atoms with van der Waals surface area (Å²) in [4.78, 5) is 1.27. The van der Waals surface area contributed by atoms with Crippen LogP contribution in [0.4, 0.5) is 0 Å². The van der Waals surface area contributed by atoms with E-state index in [4.69, 9.17) is 11.6 Å². The zero-order chi connectivity index (χ0) is 15.0. The van der Waals surface area contributed by atoms with Gasteiger partial charge in [0.25, 0.3) is 0 Å². The first-order chi connectivity index (χ1) is 10.0. The Labute approximate surface area is 133 Å². The number of benzene rings is 1. The van der Waals surface area contributed by atoms with Gasteiger partial charge in [-0.15, -0.1) is 21.5 Å². The summed E-state index contributed by atoms with van der Waals surface area (Å²) in [6.45, 7) is 4.33. The minimum atomic E-state index is -0.185. The molecule has 21 heavy (non-hydrogen) atoms. The predicted octanol–water partition coefficient (Wildman–Crippen LogP) is 4.52. The maximum atomic E-state index is 6.27. The molecule has 0 atom stereocenters. The molecule has 0 aliphatic carbocycles. The lowest BCUT2D eigenvalue weighted by molar-refractivity contribution is 0.571. The Morgan fingerprint density at radius 1 is 1.10 bits per heavy atom. The molecule has 0 fully saturated rings. The fourth-order valence-electron chi connectivity index (χ4n) is 2.49. The van der Waals surface area contributed by atoms with Crippen molar-refractivity contribution in [3.63, 3.8) is 0 Å². The van der Waals surface area contributed by atoms with Gasteiger partial charge in [0.15, 0.2) is 5.82 Å². The average molecular weight is 318 g/mol. The minimum absolute atomic E-state index is 0.185. The van der Waals surface area contributed by atoms with Gasteiger partial charge in [0, 0.05) is 17.5 Å². The van der Waals surface area contributed by atoms with Gasteiger partial charge < -0.3 is 4.57 Å². The summed E-state index contributed by atoms with van der Waals surface area (Å²) < 4.78 is 2.03. The summed E-state index contributed by atoms with van der Waals surface area (Å²) in [6, 6.07) is 11.9. The van der Waals surface area contributed by atoms with Crippen LogP contribution in [0.5, 0.6) is 0 Å². The van der Waals surface area contributed by atoms with Gasteiger partial charge in [-0.05, 0) is 37.4 Å². The number of hydrogen-bond donors (Lipinski definition) is 0. The molecule has 0 aliphatic heterocycles. The number of thiophene rings is 1. The number of rotatable bonds is 3. The molecule has 0 unspecified atom stereocenters. The largest absolute Gasteiger partial charge is 0.313 e. The van der Waals surface area contributed by atoms with E-state index < -0.39 is 0 Å². The zero-order valence-electron chi connectivity index (χ0n) is 12.2. The molecule has 0 saturated heterocycles. The molecule has 2 heterocycles. The van der Waals surface area contributed by atoms with E-state index in [2.05, 4.69) is 41.6 Å². The third-order valence-corrected chi connectivity index (χ3v) is 5.21. The first-order valence-electron chi connectivity index (χ1n) is 6.70. The van der Waals surface area contributed by atoms with Crippen LogP contribution in [0.15, 0.2) is 41.8 Å². The highest BCUT2D eigenvalue weighted by Crippen LogP contribution is 2.35. The fourth-order valence-corrected chi connectivity index (χ4v) is 3.56. The van der Waals surface area contributed by atoms with Crippen LogP contribution in [-0.2, 0) is 12.5 Å². The lowest BCUT2D eigenvalue weighted by atomic mass is 9.90. The van der Waals surface area contributed by atoms with E-state index in [-0.39, 0.29) is 5.41 Å². The van der Waals surface area contributed by atoms with Crippen molar-refractivity contribution in [2.24, 2.45) is 7.05 Å². The van der Waals surface area contributed by atoms with Crippen LogP contribution in [0.2, 0.25) is 5.02 Å². The Morgan fingerprint density at radius 3 is 2.52 bits per heavy atom. The molecule has 1 aromatic carbocycles. The van der Waals surface area contributed by atoms with Crippen LogP contribution in [-0.4, -0.2) is 14.8 Å². The van der Waals surface area contributed by atoms with Crippen molar-refractivity contribution in [3.05, 3.63) is 57.5 Å². The van der Waals surface area contributed by atoms with Crippen LogP contribution in [0.1, 0.15) is 24.5 Å². The van der Waals surface area contributed by atoms with Crippen molar-refractivity contribution in [1.29, 1.82) is 0 Å². The molecule has 0 spiro atoms. The Bertz CT molecular complexity index is 760. The van der Waals surface area contributed by atoms with Crippen LogP contribution in [0, 0.1) is 0 Å². The summed E-state index contributed by atoms with van der Waals surface area (Å²) in [5, 5.41) is 11.6. The van der Waals surface area contributed by atoms with Gasteiger partial charge in [0.05, 0.1) is 10.4 Å². The second-order valence-corrected chi connectivity index (χ2v) is 6.84. The summed E-state index contributed by atoms with van der Waals surface area (Å²) in [7, 11) is 1.99. The molecule has 2 aromatic heterocycles. The number of halogens is 1. The highest BCUT2D eigenvalue weighted by atomic mass is 35.5. The highest BCUT2D eigenvalue weighted by Gasteiger charge is 2.30. The second-order valence-electron chi connectivity index (χ2n) is 5.49. The third-order valence-electron chi connectivity index (χ3n) is 3.69. The van der Waals surface area contributed by atoms with Crippen molar-refractivity contribution in [1.82, 2.24) is 14.8 Å². The van der Waals surface area contributed by atoms with E-state index >= 15 is 0 Å². The van der Waals surface area contributed by atoms with Gasteiger partial charge in [0.1, 0.15) is 5.82 Å². The quantitative estimate of drug-likeness (QED) is 0.711. The highest BCUT2D eigenvalue weighted by molar-refractivity contribution is 7.10. The van der Waals surface area contributed by atoms with Gasteiger partial charge in [0.2, 0.25) is 0 Å². The standard InChI is InChI=1S/C16H16ClN3S/c1-16(2,13-9-6-10-21-13)15-19-18-14(20(15)3)11-7-4-5-8-12(11)17/h4-10H,1-3H3. The lowest BCUT2D eigenvalue weighted by Gasteiger charge is -2.22. The molecule has 0 radical (unpaired) electrons. The van der Waals surface area contributed by atoms with E-state index in [1.165, 1.54) is 4.88 Å². The first kappa shape index (κ1) is 14.3. The van der Waals surface area contributed by atoms with Crippen molar-refractivity contribution < 1.29 is 0 Å². The number of nitrogens with zero attached hydrogens (tertiary/aromatic N) is 3. The van der Waals surface area contributed by atoms with E-state index in [0.717, 1.165) is 17.2 Å². The zero-order valence-corrected chi connectivity index (χ0v) is 13.7. The van der Waals surface area contributed by atoms with Gasteiger partial charge in [-0.25, -0.2) is 0 Å². The number of hydrogen-bond acceptors (Lipinski definition) is 3. The topological polar surface area (TPSA) is 30.7 Å². The molecular formula is C16H16ClN3S. The molecular weight excluding hydrogens is 302 g/mol. The summed E-state index contributed by atoms with van der Waals surface area (Å²) >= 11 is 8.01. The van der Waals surface area contributed by atoms with Crippen LogP contribution in [0.25, 0.3) is 11.4 Å². The van der Waals surface area contributed by atoms with Crippen LogP contribution >= 0.6 is 22.9 Å². The van der Waals surface area contributed by atoms with Gasteiger partial charge in [-0.2, -0.15) is 0 Å². The van der Waals surface area contributed by atoms with Crippen LogP contribution in [0.3, 0.4) is 0 Å². The van der Waals surface area contributed by atoms with Crippen molar-refractivity contribution in [3.8, 4) is 11.4 Å². The van der Waals surface area contributed by atoms with E-state index in [9.17, 15) is 0 Å². The van der Waals surface area contributed by atoms with Gasteiger partial charge in [-0.3, -0.25) is 0 Å². The average Bonchev–Trinajstić information content (AvgIpc) is 3.09. The SMILES string of the molecule is Cn1c(-c2ccccc2Cl)nnc1C(C)(C)c1cccs1. The Hall–Kier alpha value is -1.65. The Balaban J connectivity index is 2.10. The smallest absolute Gasteiger partial charge is 0.165 e. The minimum Gasteiger partial charge on any atom is -0.313 e. The monoisotopic (exact) mass is 317 g/mol. The molecule has 3 nitrogen and oxygen atoms in total. The van der Waals surface area contributed by atoms with Gasteiger partial charge >= 0.3 is 0 Å². The Kier molecular flexibility index (Phi) is 3.59. The molecule has 0 amide bonds. The summed E-state index contributed by atoms with van der Waals surface area (Å²) in [6.07, 6.45) is 0. The third kappa shape index (κ3) is 2.39. The maximum Gasteiger partial charge on any atom is 0.165 e. The van der Waals surface area contributed by atoms with Crippen LogP contribution < -0.4 is 0 Å². The van der Waals surface area contributed by atoms with Crippen molar-refractivity contribution in [2.45, 2.75) is 19.3 Å². The molecule has 108 valence electrons. The normalized spacial score (nSPS) is 11.8. The van der Waals surface area contributed by atoms with Crippen molar-refractivity contribution in [2.75, 3.05) is 0 Å². The molecule has 0 saturated carbocycles. The molecule has 3 aromatic rings.